The van der Waals surface area contributed by atoms with E-state index >= 15 is 0 Å². The van der Waals surface area contributed by atoms with Crippen molar-refractivity contribution >= 4 is 46.6 Å². The number of halogens is 2. The molecule has 0 saturated heterocycles. The van der Waals surface area contributed by atoms with Crippen LogP contribution in [0.25, 0.3) is 0 Å². The van der Waals surface area contributed by atoms with Gasteiger partial charge >= 0.3 is 0 Å². The summed E-state index contributed by atoms with van der Waals surface area (Å²) in [7, 11) is 0. The lowest BCUT2D eigenvalue weighted by molar-refractivity contribution is -0.113. The van der Waals surface area contributed by atoms with Crippen molar-refractivity contribution in [3.8, 4) is 5.75 Å². The Kier molecular flexibility index (Phi) is 8.68. The smallest absolute Gasteiger partial charge is 0.234 e. The minimum absolute atomic E-state index is 0.0988. The molecule has 0 aliphatic carbocycles. The van der Waals surface area contributed by atoms with E-state index in [-0.39, 0.29) is 23.8 Å². The summed E-state index contributed by atoms with van der Waals surface area (Å²) >= 11 is 13.3. The van der Waals surface area contributed by atoms with Crippen molar-refractivity contribution < 1.29 is 9.53 Å². The molecule has 6 nitrogen and oxygen atoms in total. The van der Waals surface area contributed by atoms with E-state index in [1.165, 1.54) is 17.3 Å². The molecule has 2 aromatic carbocycles. The molecule has 1 N–H and O–H groups in total. The maximum absolute atomic E-state index is 12.4. The molecule has 3 aromatic rings. The minimum atomic E-state index is -0.304. The first-order chi connectivity index (χ1) is 15.6. The van der Waals surface area contributed by atoms with Crippen LogP contribution in [-0.2, 0) is 4.79 Å². The normalized spacial score (nSPS) is 12.3. The van der Waals surface area contributed by atoms with Crippen molar-refractivity contribution in [3.05, 3.63) is 63.9 Å². The first-order valence-electron chi connectivity index (χ1n) is 10.7. The Bertz CT molecular complexity index is 1080. The van der Waals surface area contributed by atoms with Crippen molar-refractivity contribution in [2.75, 3.05) is 11.1 Å². The van der Waals surface area contributed by atoms with Crippen LogP contribution in [0.5, 0.6) is 5.75 Å². The zero-order chi connectivity index (χ0) is 24.1. The van der Waals surface area contributed by atoms with Crippen molar-refractivity contribution in [1.82, 2.24) is 14.8 Å². The van der Waals surface area contributed by atoms with E-state index in [2.05, 4.69) is 55.3 Å². The largest absolute Gasteiger partial charge is 0.483 e. The van der Waals surface area contributed by atoms with Gasteiger partial charge in [0.2, 0.25) is 5.91 Å². The van der Waals surface area contributed by atoms with E-state index in [0.29, 0.717) is 32.6 Å². The fraction of sp³-hybridized carbons (Fsp3) is 0.375. The first kappa shape index (κ1) is 25.4. The number of hydrogen-bond acceptors (Lipinski definition) is 5. The second kappa shape index (κ2) is 11.3. The average molecular weight is 507 g/mol. The molecule has 0 aliphatic heterocycles. The summed E-state index contributed by atoms with van der Waals surface area (Å²) in [6.45, 7) is 10.4. The zero-order valence-corrected chi connectivity index (χ0v) is 21.6. The Morgan fingerprint density at radius 2 is 1.67 bits per heavy atom. The lowest BCUT2D eigenvalue weighted by Crippen LogP contribution is -2.16. The Hall–Kier alpha value is -2.22. The standard InChI is InChI=1S/C24H28Cl2N4O2S/c1-14(2)17-6-8-21(9-7-17)32-16(5)23-28-29-24(30(23)15(3)4)33-13-22(31)27-20-11-18(25)10-19(26)12-20/h6-12,14-16H,13H2,1-5H3,(H,27,31). The average Bonchev–Trinajstić information content (AvgIpc) is 3.16. The van der Waals surface area contributed by atoms with Crippen LogP contribution in [0.4, 0.5) is 5.69 Å². The number of thioether (sulfide) groups is 1. The van der Waals surface area contributed by atoms with Crippen molar-refractivity contribution in [1.29, 1.82) is 0 Å². The highest BCUT2D eigenvalue weighted by molar-refractivity contribution is 7.99. The quantitative estimate of drug-likeness (QED) is 0.311. The van der Waals surface area contributed by atoms with Gasteiger partial charge in [0.25, 0.3) is 0 Å². The van der Waals surface area contributed by atoms with Gasteiger partial charge in [0.05, 0.1) is 5.75 Å². The van der Waals surface area contributed by atoms with Crippen molar-refractivity contribution in [2.24, 2.45) is 0 Å². The summed E-state index contributed by atoms with van der Waals surface area (Å²) in [5.41, 5.74) is 1.81. The monoisotopic (exact) mass is 506 g/mol. The third-order valence-corrected chi connectivity index (χ3v) is 6.29. The van der Waals surface area contributed by atoms with Gasteiger partial charge in [-0.3, -0.25) is 4.79 Å². The van der Waals surface area contributed by atoms with Gasteiger partial charge in [-0.1, -0.05) is 60.9 Å². The van der Waals surface area contributed by atoms with Crippen molar-refractivity contribution in [2.45, 2.75) is 57.8 Å². The molecule has 0 fully saturated rings. The molecule has 0 saturated carbocycles. The van der Waals surface area contributed by atoms with E-state index in [0.717, 1.165) is 5.75 Å². The number of anilines is 1. The molecular formula is C24H28Cl2N4O2S. The van der Waals surface area contributed by atoms with Crippen LogP contribution >= 0.6 is 35.0 Å². The lowest BCUT2D eigenvalue weighted by Gasteiger charge is -2.19. The summed E-state index contributed by atoms with van der Waals surface area (Å²) in [4.78, 5) is 12.4. The number of carbonyl (C=O) groups excluding carboxylic acids is 1. The summed E-state index contributed by atoms with van der Waals surface area (Å²) < 4.78 is 8.13. The summed E-state index contributed by atoms with van der Waals surface area (Å²) in [6.07, 6.45) is -0.304. The van der Waals surface area contributed by atoms with Crippen molar-refractivity contribution in [3.63, 3.8) is 0 Å². The lowest BCUT2D eigenvalue weighted by atomic mass is 10.0. The maximum Gasteiger partial charge on any atom is 0.234 e. The fourth-order valence-electron chi connectivity index (χ4n) is 3.29. The van der Waals surface area contributed by atoms with E-state index in [9.17, 15) is 4.79 Å². The van der Waals surface area contributed by atoms with Gasteiger partial charge in [-0.15, -0.1) is 10.2 Å². The molecule has 33 heavy (non-hydrogen) atoms. The number of amides is 1. The summed E-state index contributed by atoms with van der Waals surface area (Å²) in [6, 6.07) is 13.1. The number of ether oxygens (including phenoxy) is 1. The van der Waals surface area contributed by atoms with E-state index < -0.39 is 0 Å². The second-order valence-electron chi connectivity index (χ2n) is 8.28. The molecular weight excluding hydrogens is 479 g/mol. The highest BCUT2D eigenvalue weighted by Gasteiger charge is 2.22. The van der Waals surface area contributed by atoms with Gasteiger partial charge in [0.15, 0.2) is 17.1 Å². The number of aromatic nitrogens is 3. The summed E-state index contributed by atoms with van der Waals surface area (Å²) in [5, 5.41) is 13.1. The second-order valence-corrected chi connectivity index (χ2v) is 10.1. The third-order valence-electron chi connectivity index (χ3n) is 4.91. The van der Waals surface area contributed by atoms with Gasteiger partial charge in [-0.25, -0.2) is 0 Å². The van der Waals surface area contributed by atoms with Crippen LogP contribution < -0.4 is 10.1 Å². The number of carbonyl (C=O) groups is 1. The molecule has 9 heteroatoms. The number of benzene rings is 2. The predicted molar refractivity (Wildman–Crippen MR) is 136 cm³/mol. The van der Waals surface area contributed by atoms with Crippen LogP contribution in [0.1, 0.15) is 64.1 Å². The van der Waals surface area contributed by atoms with E-state index in [1.54, 1.807) is 18.2 Å². The highest BCUT2D eigenvalue weighted by atomic mass is 35.5. The predicted octanol–water partition coefficient (Wildman–Crippen LogP) is 7.16. The molecule has 1 atom stereocenters. The molecule has 0 radical (unpaired) electrons. The number of hydrogen-bond donors (Lipinski definition) is 1. The topological polar surface area (TPSA) is 69.0 Å². The summed E-state index contributed by atoms with van der Waals surface area (Å²) in [5.74, 6) is 1.93. The first-order valence-corrected chi connectivity index (χ1v) is 12.5. The number of rotatable bonds is 9. The van der Waals surface area contributed by atoms with Crippen LogP contribution in [0.2, 0.25) is 10.0 Å². The van der Waals surface area contributed by atoms with Gasteiger partial charge in [0, 0.05) is 21.8 Å². The Balaban J connectivity index is 1.67. The zero-order valence-electron chi connectivity index (χ0n) is 19.3. The Morgan fingerprint density at radius 1 is 1.03 bits per heavy atom. The van der Waals surface area contributed by atoms with Crippen LogP contribution in [-0.4, -0.2) is 26.4 Å². The molecule has 0 spiro atoms. The molecule has 3 rings (SSSR count). The fourth-order valence-corrected chi connectivity index (χ4v) is 4.69. The van der Waals surface area contributed by atoms with Gasteiger partial charge in [-0.05, 0) is 62.6 Å². The van der Waals surface area contributed by atoms with E-state index in [1.807, 2.05) is 23.6 Å². The number of nitrogens with one attached hydrogen (secondary N) is 1. The number of nitrogens with zero attached hydrogens (tertiary/aromatic N) is 3. The molecule has 1 unspecified atom stereocenters. The van der Waals surface area contributed by atoms with E-state index in [4.69, 9.17) is 27.9 Å². The molecule has 1 amide bonds. The van der Waals surface area contributed by atoms with Gasteiger partial charge < -0.3 is 14.6 Å². The Morgan fingerprint density at radius 3 is 2.24 bits per heavy atom. The molecule has 0 aliphatic rings. The van der Waals surface area contributed by atoms with Crippen LogP contribution in [0, 0.1) is 0 Å². The molecule has 1 aromatic heterocycles. The molecule has 0 bridgehead atoms. The van der Waals surface area contributed by atoms with Crippen LogP contribution in [0.3, 0.4) is 0 Å². The van der Waals surface area contributed by atoms with Gasteiger partial charge in [-0.2, -0.15) is 0 Å². The van der Waals surface area contributed by atoms with Crippen LogP contribution in [0.15, 0.2) is 47.6 Å². The highest BCUT2D eigenvalue weighted by Crippen LogP contribution is 2.29. The third kappa shape index (κ3) is 6.88. The molecule has 1 heterocycles. The minimum Gasteiger partial charge on any atom is -0.483 e. The SMILES string of the molecule is CC(C)c1ccc(OC(C)c2nnc(SCC(=O)Nc3cc(Cl)cc(Cl)c3)n2C(C)C)cc1. The maximum atomic E-state index is 12.4. The molecule has 176 valence electrons. The van der Waals surface area contributed by atoms with Gasteiger partial charge in [0.1, 0.15) is 5.75 Å². The Labute approximate surface area is 209 Å².